The Hall–Kier alpha value is 0.597. The average molecular weight is 121 g/mol. The van der Waals surface area contributed by atoms with E-state index in [1.165, 1.54) is 19.3 Å². The van der Waals surface area contributed by atoms with Crippen LogP contribution in [0, 0.1) is 12.8 Å². The third kappa shape index (κ3) is 8.60. The van der Waals surface area contributed by atoms with Crippen molar-refractivity contribution in [1.29, 1.82) is 0 Å². The molecule has 0 N–H and O–H groups in total. The maximum absolute atomic E-state index is 3.79. The van der Waals surface area contributed by atoms with Crippen LogP contribution in [0.15, 0.2) is 0 Å². The number of rotatable bonds is 4. The first-order valence-corrected chi connectivity index (χ1v) is 3.60. The summed E-state index contributed by atoms with van der Waals surface area (Å²) in [5.41, 5.74) is 0. The molecule has 1 atom stereocenters. The average Bonchev–Trinajstić information content (AvgIpc) is 1.83. The van der Waals surface area contributed by atoms with Crippen LogP contribution in [-0.2, 0) is 0 Å². The quantitative estimate of drug-likeness (QED) is 0.501. The van der Waals surface area contributed by atoms with Gasteiger partial charge in [0.2, 0.25) is 0 Å². The molecular weight excluding hydrogens is 103 g/mol. The first kappa shape index (κ1) is 12.3. The Kier molecular flexibility index (Phi) is 11.7. The van der Waals surface area contributed by atoms with Gasteiger partial charge in [0.05, 0.1) is 0 Å². The zero-order chi connectivity index (χ0) is 6.41. The van der Waals surface area contributed by atoms with E-state index >= 15 is 0 Å². The van der Waals surface area contributed by atoms with E-state index in [-0.39, 0.29) is 18.9 Å². The molecule has 1 unspecified atom stereocenters. The predicted molar refractivity (Wildman–Crippen MR) is 45.8 cm³/mol. The van der Waals surface area contributed by atoms with Gasteiger partial charge in [0, 0.05) is 0 Å². The third-order valence-corrected chi connectivity index (χ3v) is 1.64. The van der Waals surface area contributed by atoms with Crippen LogP contribution in [0.5, 0.6) is 0 Å². The summed E-state index contributed by atoms with van der Waals surface area (Å²) in [5, 5.41) is 0. The molecule has 0 rings (SSSR count). The molecule has 0 aromatic heterocycles. The second-order valence-corrected chi connectivity index (χ2v) is 2.51. The molecule has 0 spiro atoms. The topological polar surface area (TPSA) is 0 Å². The van der Waals surface area contributed by atoms with Crippen LogP contribution in [0.25, 0.3) is 0 Å². The van der Waals surface area contributed by atoms with Gasteiger partial charge in [-0.05, 0) is 5.92 Å². The summed E-state index contributed by atoms with van der Waals surface area (Å²) in [6.07, 6.45) is 5.08. The van der Waals surface area contributed by atoms with Crippen molar-refractivity contribution in [2.75, 3.05) is 0 Å². The molecule has 0 aromatic carbocycles. The third-order valence-electron chi connectivity index (χ3n) is 1.64. The maximum atomic E-state index is 3.79. The first-order chi connectivity index (χ1) is 3.81. The second kappa shape index (κ2) is 8.60. The van der Waals surface area contributed by atoms with E-state index < -0.39 is 0 Å². The Bertz CT molecular complexity index is 43.8. The minimum absolute atomic E-state index is 0. The molecule has 0 saturated heterocycles. The van der Waals surface area contributed by atoms with Gasteiger partial charge in [0.25, 0.3) is 0 Å². The van der Waals surface area contributed by atoms with E-state index in [0.29, 0.717) is 0 Å². The SMILES string of the molecule is [CH2]CCCC(C)CC.[LiH]. The van der Waals surface area contributed by atoms with Gasteiger partial charge in [0.1, 0.15) is 0 Å². The fourth-order valence-electron chi connectivity index (χ4n) is 0.697. The van der Waals surface area contributed by atoms with Gasteiger partial charge in [-0.25, -0.2) is 0 Å². The van der Waals surface area contributed by atoms with Crippen LogP contribution in [0.4, 0.5) is 0 Å². The molecule has 0 bridgehead atoms. The molecule has 0 saturated carbocycles. The van der Waals surface area contributed by atoms with Crippen molar-refractivity contribution in [3.05, 3.63) is 6.92 Å². The van der Waals surface area contributed by atoms with Gasteiger partial charge >= 0.3 is 18.9 Å². The molecule has 0 fully saturated rings. The fraction of sp³-hybridized carbons (Fsp3) is 0.875. The number of hydrogen-bond acceptors (Lipinski definition) is 0. The Balaban J connectivity index is 0. The van der Waals surface area contributed by atoms with Gasteiger partial charge in [-0.3, -0.25) is 0 Å². The molecule has 1 radical (unpaired) electrons. The van der Waals surface area contributed by atoms with Gasteiger partial charge in [-0.2, -0.15) is 0 Å². The molecule has 1 heteroatoms. The summed E-state index contributed by atoms with van der Waals surface area (Å²) >= 11 is 0. The van der Waals surface area contributed by atoms with E-state index in [9.17, 15) is 0 Å². The normalized spacial score (nSPS) is 12.3. The minimum atomic E-state index is 0. The van der Waals surface area contributed by atoms with Crippen LogP contribution < -0.4 is 0 Å². The van der Waals surface area contributed by atoms with Crippen molar-refractivity contribution in [3.8, 4) is 0 Å². The van der Waals surface area contributed by atoms with Gasteiger partial charge in [0.15, 0.2) is 0 Å². The number of unbranched alkanes of at least 4 members (excludes halogenated alkanes) is 1. The van der Waals surface area contributed by atoms with Crippen molar-refractivity contribution in [3.63, 3.8) is 0 Å². The van der Waals surface area contributed by atoms with Crippen LogP contribution in [0.1, 0.15) is 39.5 Å². The van der Waals surface area contributed by atoms with Crippen LogP contribution >= 0.6 is 0 Å². The summed E-state index contributed by atoms with van der Waals surface area (Å²) in [6.45, 7) is 8.34. The molecule has 0 aromatic rings. The van der Waals surface area contributed by atoms with Crippen molar-refractivity contribution < 1.29 is 0 Å². The first-order valence-electron chi connectivity index (χ1n) is 3.60. The molecular formula is C8H18Li. The summed E-state index contributed by atoms with van der Waals surface area (Å²) in [7, 11) is 0. The van der Waals surface area contributed by atoms with Gasteiger partial charge < -0.3 is 0 Å². The van der Waals surface area contributed by atoms with Crippen molar-refractivity contribution in [1.82, 2.24) is 0 Å². The van der Waals surface area contributed by atoms with Crippen LogP contribution in [0.2, 0.25) is 0 Å². The van der Waals surface area contributed by atoms with Crippen molar-refractivity contribution >= 4 is 18.9 Å². The standard InChI is InChI=1S/C8H17.Li.H/c1-4-6-7-8(3)5-2;;/h8H,1,4-7H2,2-3H3;;. The Labute approximate surface area is 71.6 Å². The molecule has 0 heterocycles. The van der Waals surface area contributed by atoms with Crippen molar-refractivity contribution in [2.45, 2.75) is 39.5 Å². The molecule has 9 heavy (non-hydrogen) atoms. The van der Waals surface area contributed by atoms with Gasteiger partial charge in [-0.1, -0.05) is 46.5 Å². The van der Waals surface area contributed by atoms with E-state index in [4.69, 9.17) is 0 Å². The Morgan fingerprint density at radius 3 is 2.33 bits per heavy atom. The van der Waals surface area contributed by atoms with Crippen molar-refractivity contribution in [2.24, 2.45) is 5.92 Å². The van der Waals surface area contributed by atoms with E-state index in [1.54, 1.807) is 0 Å². The van der Waals surface area contributed by atoms with E-state index in [2.05, 4.69) is 20.8 Å². The summed E-state index contributed by atoms with van der Waals surface area (Å²) in [6, 6.07) is 0. The summed E-state index contributed by atoms with van der Waals surface area (Å²) in [4.78, 5) is 0. The molecule has 0 nitrogen and oxygen atoms in total. The Morgan fingerprint density at radius 2 is 2.00 bits per heavy atom. The predicted octanol–water partition coefficient (Wildman–Crippen LogP) is 2.39. The van der Waals surface area contributed by atoms with E-state index in [0.717, 1.165) is 12.3 Å². The van der Waals surface area contributed by atoms with Gasteiger partial charge in [-0.15, -0.1) is 0 Å². The monoisotopic (exact) mass is 121 g/mol. The zero-order valence-corrected chi connectivity index (χ0v) is 6.11. The fourth-order valence-corrected chi connectivity index (χ4v) is 0.697. The Morgan fingerprint density at radius 1 is 1.44 bits per heavy atom. The zero-order valence-electron chi connectivity index (χ0n) is 6.11. The molecule has 0 aliphatic heterocycles. The second-order valence-electron chi connectivity index (χ2n) is 2.51. The number of hydrogen-bond donors (Lipinski definition) is 0. The summed E-state index contributed by atoms with van der Waals surface area (Å²) < 4.78 is 0. The van der Waals surface area contributed by atoms with Crippen LogP contribution in [-0.4, -0.2) is 18.9 Å². The molecule has 0 aliphatic carbocycles. The van der Waals surface area contributed by atoms with Crippen LogP contribution in [0.3, 0.4) is 0 Å². The summed E-state index contributed by atoms with van der Waals surface area (Å²) in [5.74, 6) is 0.914. The molecule has 0 aliphatic rings. The molecule has 51 valence electrons. The molecule has 0 amide bonds. The van der Waals surface area contributed by atoms with E-state index in [1.807, 2.05) is 0 Å².